The summed E-state index contributed by atoms with van der Waals surface area (Å²) in [6, 6.07) is 3.14. The molecule has 3 aromatic rings. The Labute approximate surface area is 245 Å². The molecule has 0 bridgehead atoms. The molecule has 0 unspecified atom stereocenters. The van der Waals surface area contributed by atoms with Crippen molar-refractivity contribution in [1.29, 1.82) is 0 Å². The van der Waals surface area contributed by atoms with Crippen molar-refractivity contribution in [2.45, 2.75) is 44.7 Å². The standard InChI is InChI=1S/C29H33F4N7O3/c1-16-13-40(14-17(2)43-16)28-35-10-18(11-36-28)20-7-24(25(9-23(20)30)39-6-5-19(15-39)38(3)4)37-27(42)21-12-34-26(41)8-22(21)29(31,32)33/h7-12,16-17,19H,5-6,13-15H2,1-4H3,(H,34,41)(H,37,42)/t16-,17+,19-/m1/s1. The summed E-state index contributed by atoms with van der Waals surface area (Å²) in [4.78, 5) is 41.8. The summed E-state index contributed by atoms with van der Waals surface area (Å²) in [6.07, 6.45) is -0.530. The van der Waals surface area contributed by atoms with Gasteiger partial charge >= 0.3 is 6.18 Å². The number of benzene rings is 1. The first-order valence-corrected chi connectivity index (χ1v) is 13.9. The van der Waals surface area contributed by atoms with E-state index in [1.807, 2.05) is 42.6 Å². The normalized spacial score (nSPS) is 21.0. The van der Waals surface area contributed by atoms with Crippen molar-refractivity contribution in [2.75, 3.05) is 55.4 Å². The summed E-state index contributed by atoms with van der Waals surface area (Å²) in [5.41, 5.74) is -2.31. The van der Waals surface area contributed by atoms with Crippen molar-refractivity contribution in [3.05, 3.63) is 64.1 Å². The van der Waals surface area contributed by atoms with Gasteiger partial charge in [-0.15, -0.1) is 0 Å². The molecule has 230 valence electrons. The Morgan fingerprint density at radius 2 is 1.74 bits per heavy atom. The molecule has 5 rings (SSSR count). The second-order valence-corrected chi connectivity index (χ2v) is 11.2. The molecule has 2 fully saturated rings. The quantitative estimate of drug-likeness (QED) is 0.408. The van der Waals surface area contributed by atoms with Crippen LogP contribution in [0, 0.1) is 5.82 Å². The van der Waals surface area contributed by atoms with Crippen LogP contribution in [0.1, 0.15) is 36.2 Å². The minimum atomic E-state index is -4.94. The lowest BCUT2D eigenvalue weighted by Gasteiger charge is -2.35. The number of nitrogens with zero attached hydrogens (tertiary/aromatic N) is 5. The van der Waals surface area contributed by atoms with Crippen molar-refractivity contribution < 1.29 is 27.1 Å². The van der Waals surface area contributed by atoms with Gasteiger partial charge < -0.3 is 29.7 Å². The number of hydrogen-bond acceptors (Lipinski definition) is 8. The van der Waals surface area contributed by atoms with Gasteiger partial charge in [0.2, 0.25) is 11.5 Å². The molecular weight excluding hydrogens is 570 g/mol. The average molecular weight is 604 g/mol. The van der Waals surface area contributed by atoms with Gasteiger partial charge in [0.1, 0.15) is 5.82 Å². The van der Waals surface area contributed by atoms with Gasteiger partial charge in [-0.3, -0.25) is 9.59 Å². The Balaban J connectivity index is 1.51. The van der Waals surface area contributed by atoms with Gasteiger partial charge in [-0.2, -0.15) is 13.2 Å². The van der Waals surface area contributed by atoms with Crippen LogP contribution in [0.3, 0.4) is 0 Å². The lowest BCUT2D eigenvalue weighted by atomic mass is 10.0. The van der Waals surface area contributed by atoms with E-state index >= 15 is 4.39 Å². The Morgan fingerprint density at radius 1 is 1.07 bits per heavy atom. The number of carbonyl (C=O) groups excluding carboxylic acids is 1. The van der Waals surface area contributed by atoms with Gasteiger partial charge in [0, 0.05) is 68.0 Å². The van der Waals surface area contributed by atoms with Crippen molar-refractivity contribution >= 4 is 23.2 Å². The van der Waals surface area contributed by atoms with Crippen LogP contribution in [0.25, 0.3) is 11.1 Å². The number of halogens is 4. The molecule has 2 aromatic heterocycles. The molecule has 2 saturated heterocycles. The first-order valence-electron chi connectivity index (χ1n) is 13.9. The zero-order valence-electron chi connectivity index (χ0n) is 24.2. The number of pyridine rings is 1. The van der Waals surface area contributed by atoms with Gasteiger partial charge in [0.25, 0.3) is 5.91 Å². The fraction of sp³-hybridized carbons (Fsp3) is 0.448. The molecule has 2 N–H and O–H groups in total. The van der Waals surface area contributed by atoms with E-state index in [1.54, 1.807) is 0 Å². The van der Waals surface area contributed by atoms with Gasteiger partial charge in [0.15, 0.2) is 0 Å². The minimum absolute atomic E-state index is 0.0128. The van der Waals surface area contributed by atoms with E-state index in [4.69, 9.17) is 4.74 Å². The molecule has 4 heterocycles. The molecule has 0 saturated carbocycles. The van der Waals surface area contributed by atoms with Gasteiger partial charge in [-0.1, -0.05) is 0 Å². The summed E-state index contributed by atoms with van der Waals surface area (Å²) in [6.45, 7) is 6.17. The average Bonchev–Trinajstić information content (AvgIpc) is 3.43. The predicted molar refractivity (Wildman–Crippen MR) is 154 cm³/mol. The molecule has 43 heavy (non-hydrogen) atoms. The van der Waals surface area contributed by atoms with Gasteiger partial charge in [0.05, 0.1) is 34.7 Å². The highest BCUT2D eigenvalue weighted by atomic mass is 19.4. The van der Waals surface area contributed by atoms with Crippen LogP contribution in [0.15, 0.2) is 41.6 Å². The monoisotopic (exact) mass is 603 g/mol. The molecule has 1 amide bonds. The fourth-order valence-electron chi connectivity index (χ4n) is 5.58. The SMILES string of the molecule is C[C@@H]1CN(c2ncc(-c3cc(NC(=O)c4c[nH]c(=O)cc4C(F)(F)F)c(N4CC[C@@H](N(C)C)C4)cc3F)cn2)C[C@H](C)O1. The Morgan fingerprint density at radius 3 is 2.35 bits per heavy atom. The molecule has 0 aliphatic carbocycles. The van der Waals surface area contributed by atoms with Crippen LogP contribution < -0.4 is 20.7 Å². The first-order chi connectivity index (χ1) is 20.3. The maximum Gasteiger partial charge on any atom is 0.417 e. The third kappa shape index (κ3) is 6.64. The summed E-state index contributed by atoms with van der Waals surface area (Å²) < 4.78 is 62.5. The number of amides is 1. The lowest BCUT2D eigenvalue weighted by Crippen LogP contribution is -2.46. The number of aromatic nitrogens is 3. The van der Waals surface area contributed by atoms with Crippen LogP contribution in [-0.2, 0) is 10.9 Å². The van der Waals surface area contributed by atoms with E-state index in [9.17, 15) is 22.8 Å². The van der Waals surface area contributed by atoms with E-state index in [2.05, 4.69) is 20.3 Å². The molecule has 0 radical (unpaired) electrons. The number of hydrogen-bond donors (Lipinski definition) is 2. The number of likely N-dealkylation sites (N-methyl/N-ethyl adjacent to an activating group) is 1. The highest BCUT2D eigenvalue weighted by Crippen LogP contribution is 2.37. The van der Waals surface area contributed by atoms with E-state index in [1.165, 1.54) is 24.5 Å². The van der Waals surface area contributed by atoms with Crippen molar-refractivity contribution in [3.8, 4) is 11.1 Å². The third-order valence-corrected chi connectivity index (χ3v) is 7.69. The van der Waals surface area contributed by atoms with E-state index in [0.29, 0.717) is 49.4 Å². The van der Waals surface area contributed by atoms with Crippen LogP contribution in [0.2, 0.25) is 0 Å². The van der Waals surface area contributed by atoms with E-state index in [-0.39, 0.29) is 29.5 Å². The maximum absolute atomic E-state index is 15.7. The summed E-state index contributed by atoms with van der Waals surface area (Å²) >= 11 is 0. The van der Waals surface area contributed by atoms with E-state index in [0.717, 1.165) is 12.6 Å². The Hall–Kier alpha value is -4.04. The topological polar surface area (TPSA) is 107 Å². The fourth-order valence-corrected chi connectivity index (χ4v) is 5.58. The van der Waals surface area contributed by atoms with Crippen molar-refractivity contribution in [1.82, 2.24) is 19.9 Å². The molecule has 2 aliphatic heterocycles. The van der Waals surface area contributed by atoms with Crippen LogP contribution in [0.4, 0.5) is 34.9 Å². The number of carbonyl (C=O) groups is 1. The first kappa shape index (κ1) is 30.4. The number of rotatable bonds is 6. The maximum atomic E-state index is 15.7. The molecule has 14 heteroatoms. The second-order valence-electron chi connectivity index (χ2n) is 11.2. The number of anilines is 3. The largest absolute Gasteiger partial charge is 0.417 e. The van der Waals surface area contributed by atoms with Crippen molar-refractivity contribution in [3.63, 3.8) is 0 Å². The molecule has 0 spiro atoms. The number of nitrogens with one attached hydrogen (secondary N) is 2. The number of alkyl halides is 3. The zero-order chi connectivity index (χ0) is 31.1. The van der Waals surface area contributed by atoms with E-state index < -0.39 is 34.6 Å². The Bertz CT molecular complexity index is 1530. The van der Waals surface area contributed by atoms with Gasteiger partial charge in [-0.25, -0.2) is 14.4 Å². The molecule has 10 nitrogen and oxygen atoms in total. The zero-order valence-corrected chi connectivity index (χ0v) is 24.2. The predicted octanol–water partition coefficient (Wildman–Crippen LogP) is 4.00. The van der Waals surface area contributed by atoms with Crippen LogP contribution in [-0.4, -0.2) is 84.3 Å². The lowest BCUT2D eigenvalue weighted by molar-refractivity contribution is -0.138. The molecular formula is C29H33F4N7O3. The number of morpholine rings is 1. The second kappa shape index (κ2) is 11.9. The number of H-pyrrole nitrogens is 1. The molecule has 3 atom stereocenters. The summed E-state index contributed by atoms with van der Waals surface area (Å²) in [7, 11) is 3.86. The number of ether oxygens (including phenoxy) is 1. The summed E-state index contributed by atoms with van der Waals surface area (Å²) in [5.74, 6) is -1.25. The van der Waals surface area contributed by atoms with Crippen LogP contribution >= 0.6 is 0 Å². The Kier molecular flexibility index (Phi) is 8.43. The minimum Gasteiger partial charge on any atom is -0.372 e. The van der Waals surface area contributed by atoms with Crippen LogP contribution in [0.5, 0.6) is 0 Å². The third-order valence-electron chi connectivity index (χ3n) is 7.69. The van der Waals surface area contributed by atoms with Crippen molar-refractivity contribution in [2.24, 2.45) is 0 Å². The highest BCUT2D eigenvalue weighted by molar-refractivity contribution is 6.07. The molecule has 1 aromatic carbocycles. The van der Waals surface area contributed by atoms with Gasteiger partial charge in [-0.05, 0) is 46.5 Å². The summed E-state index contributed by atoms with van der Waals surface area (Å²) in [5, 5.41) is 2.54. The molecule has 2 aliphatic rings. The number of aromatic amines is 1. The highest BCUT2D eigenvalue weighted by Gasteiger charge is 2.36. The smallest absolute Gasteiger partial charge is 0.372 e.